The second-order valence-electron chi connectivity index (χ2n) is 2.71. The summed E-state index contributed by atoms with van der Waals surface area (Å²) in [5, 5.41) is 0. The van der Waals surface area contributed by atoms with Crippen LogP contribution in [0.3, 0.4) is 0 Å². The maximum absolute atomic E-state index is 5.57. The quantitative estimate of drug-likeness (QED) is 0.564. The van der Waals surface area contributed by atoms with Gasteiger partial charge in [-0.3, -0.25) is 0 Å². The predicted molar refractivity (Wildman–Crippen MR) is 42.3 cm³/mol. The number of hydrogen-bond donors (Lipinski definition) is 0. The molecule has 1 aliphatic rings. The summed E-state index contributed by atoms with van der Waals surface area (Å²) in [5.41, 5.74) is 0. The van der Waals surface area contributed by atoms with Crippen molar-refractivity contribution >= 4 is 23.2 Å². The highest BCUT2D eigenvalue weighted by molar-refractivity contribution is 6.18. The van der Waals surface area contributed by atoms with Crippen molar-refractivity contribution in [1.29, 1.82) is 0 Å². The predicted octanol–water partition coefficient (Wildman–Crippen LogP) is 2.88. The maximum Gasteiger partial charge on any atom is 0.0226 e. The molecule has 0 heterocycles. The van der Waals surface area contributed by atoms with Crippen molar-refractivity contribution in [2.24, 2.45) is 11.8 Å². The van der Waals surface area contributed by atoms with Crippen molar-refractivity contribution in [3.05, 3.63) is 0 Å². The molecule has 0 nitrogen and oxygen atoms in total. The molecule has 2 heteroatoms. The molecule has 0 aromatic rings. The lowest BCUT2D eigenvalue weighted by atomic mass is 10.2. The summed E-state index contributed by atoms with van der Waals surface area (Å²) in [7, 11) is 0. The van der Waals surface area contributed by atoms with Gasteiger partial charge >= 0.3 is 0 Å². The number of rotatable bonds is 4. The van der Waals surface area contributed by atoms with E-state index in [0.29, 0.717) is 0 Å². The van der Waals surface area contributed by atoms with Gasteiger partial charge in [0, 0.05) is 11.8 Å². The lowest BCUT2D eigenvalue weighted by molar-refractivity contribution is 0.669. The Morgan fingerprint density at radius 1 is 1.00 bits per heavy atom. The van der Waals surface area contributed by atoms with E-state index < -0.39 is 0 Å². The molecule has 0 unspecified atom stereocenters. The van der Waals surface area contributed by atoms with Crippen LogP contribution < -0.4 is 0 Å². The standard InChI is InChI=1S/C7H12Cl2/c8-3-1-6-5-7(6)2-4-9/h6-7H,1-5H2/t6-,7-/m1/s1. The van der Waals surface area contributed by atoms with Crippen LogP contribution >= 0.6 is 23.2 Å². The highest BCUT2D eigenvalue weighted by Gasteiger charge is 2.34. The van der Waals surface area contributed by atoms with Crippen molar-refractivity contribution < 1.29 is 0 Å². The average Bonchev–Trinajstić information content (AvgIpc) is 2.50. The van der Waals surface area contributed by atoms with Gasteiger partial charge in [-0.05, 0) is 31.1 Å². The fourth-order valence-corrected chi connectivity index (χ4v) is 1.86. The van der Waals surface area contributed by atoms with Gasteiger partial charge in [0.05, 0.1) is 0 Å². The van der Waals surface area contributed by atoms with Crippen molar-refractivity contribution in [2.75, 3.05) is 11.8 Å². The highest BCUT2D eigenvalue weighted by atomic mass is 35.5. The van der Waals surface area contributed by atoms with Crippen LogP contribution in [-0.2, 0) is 0 Å². The molecule has 0 saturated heterocycles. The fourth-order valence-electron chi connectivity index (χ4n) is 1.30. The minimum atomic E-state index is 0.823. The van der Waals surface area contributed by atoms with Gasteiger partial charge in [-0.15, -0.1) is 23.2 Å². The minimum Gasteiger partial charge on any atom is -0.127 e. The van der Waals surface area contributed by atoms with Crippen LogP contribution in [0.4, 0.5) is 0 Å². The molecule has 1 rings (SSSR count). The summed E-state index contributed by atoms with van der Waals surface area (Å²) in [4.78, 5) is 0. The maximum atomic E-state index is 5.57. The molecule has 0 aliphatic heterocycles. The Kier molecular flexibility index (Phi) is 3.14. The zero-order chi connectivity index (χ0) is 6.69. The van der Waals surface area contributed by atoms with Gasteiger partial charge in [-0.1, -0.05) is 0 Å². The Morgan fingerprint density at radius 2 is 1.44 bits per heavy atom. The van der Waals surface area contributed by atoms with Gasteiger partial charge in [0.1, 0.15) is 0 Å². The van der Waals surface area contributed by atoms with E-state index in [4.69, 9.17) is 23.2 Å². The molecule has 0 bridgehead atoms. The van der Waals surface area contributed by atoms with Gasteiger partial charge in [0.15, 0.2) is 0 Å². The van der Waals surface area contributed by atoms with Crippen LogP contribution in [0.15, 0.2) is 0 Å². The number of halogens is 2. The molecule has 1 saturated carbocycles. The second kappa shape index (κ2) is 3.68. The largest absolute Gasteiger partial charge is 0.127 e. The van der Waals surface area contributed by atoms with Crippen LogP contribution in [0.25, 0.3) is 0 Å². The molecule has 1 aliphatic carbocycles. The van der Waals surface area contributed by atoms with Gasteiger partial charge in [-0.25, -0.2) is 0 Å². The molecule has 0 radical (unpaired) electrons. The third-order valence-electron chi connectivity index (χ3n) is 2.03. The number of alkyl halides is 2. The van der Waals surface area contributed by atoms with E-state index in [1.165, 1.54) is 19.3 Å². The summed E-state index contributed by atoms with van der Waals surface area (Å²) < 4.78 is 0. The SMILES string of the molecule is ClCC[C@@H]1C[C@H]1CCCl. The van der Waals surface area contributed by atoms with E-state index in [2.05, 4.69) is 0 Å². The molecule has 9 heavy (non-hydrogen) atoms. The molecule has 54 valence electrons. The summed E-state index contributed by atoms with van der Waals surface area (Å²) in [6.07, 6.45) is 3.77. The van der Waals surface area contributed by atoms with E-state index in [9.17, 15) is 0 Å². The van der Waals surface area contributed by atoms with Crippen molar-refractivity contribution in [3.8, 4) is 0 Å². The Balaban J connectivity index is 1.96. The van der Waals surface area contributed by atoms with Gasteiger partial charge in [0.2, 0.25) is 0 Å². The molecule has 0 N–H and O–H groups in total. The monoisotopic (exact) mass is 166 g/mol. The first-order valence-electron chi connectivity index (χ1n) is 3.50. The summed E-state index contributed by atoms with van der Waals surface area (Å²) in [6, 6.07) is 0. The first-order chi connectivity index (χ1) is 4.38. The van der Waals surface area contributed by atoms with Crippen molar-refractivity contribution in [2.45, 2.75) is 19.3 Å². The Morgan fingerprint density at radius 3 is 1.78 bits per heavy atom. The zero-order valence-electron chi connectivity index (χ0n) is 5.45. The van der Waals surface area contributed by atoms with E-state index in [1.807, 2.05) is 0 Å². The van der Waals surface area contributed by atoms with E-state index >= 15 is 0 Å². The van der Waals surface area contributed by atoms with Gasteiger partial charge in [-0.2, -0.15) is 0 Å². The third-order valence-corrected chi connectivity index (χ3v) is 2.47. The lowest BCUT2D eigenvalue weighted by Crippen LogP contribution is -1.84. The molecule has 0 spiro atoms. The molecular weight excluding hydrogens is 155 g/mol. The Hall–Kier alpha value is 0.580. The van der Waals surface area contributed by atoms with Crippen LogP contribution in [0, 0.1) is 11.8 Å². The molecular formula is C7H12Cl2. The summed E-state index contributed by atoms with van der Waals surface area (Å²) in [6.45, 7) is 0. The first-order valence-corrected chi connectivity index (χ1v) is 4.57. The molecule has 0 aromatic heterocycles. The van der Waals surface area contributed by atoms with Crippen LogP contribution in [0.1, 0.15) is 19.3 Å². The normalized spacial score (nSPS) is 32.7. The lowest BCUT2D eigenvalue weighted by Gasteiger charge is -1.91. The minimum absolute atomic E-state index is 0.823. The van der Waals surface area contributed by atoms with E-state index in [0.717, 1.165) is 23.6 Å². The topological polar surface area (TPSA) is 0 Å². The molecule has 0 amide bonds. The van der Waals surface area contributed by atoms with E-state index in [1.54, 1.807) is 0 Å². The summed E-state index contributed by atoms with van der Waals surface area (Å²) >= 11 is 11.1. The smallest absolute Gasteiger partial charge is 0.0226 e. The van der Waals surface area contributed by atoms with Crippen molar-refractivity contribution in [1.82, 2.24) is 0 Å². The molecule has 0 aromatic carbocycles. The first kappa shape index (κ1) is 7.68. The Bertz CT molecular complexity index is 73.0. The van der Waals surface area contributed by atoms with Crippen molar-refractivity contribution in [3.63, 3.8) is 0 Å². The Labute approximate surface area is 66.5 Å². The average molecular weight is 167 g/mol. The molecule has 2 atom stereocenters. The van der Waals surface area contributed by atoms with Crippen LogP contribution in [-0.4, -0.2) is 11.8 Å². The summed E-state index contributed by atoms with van der Waals surface area (Å²) in [5.74, 6) is 3.48. The molecule has 1 fully saturated rings. The van der Waals surface area contributed by atoms with Gasteiger partial charge < -0.3 is 0 Å². The fraction of sp³-hybridized carbons (Fsp3) is 1.00. The third kappa shape index (κ3) is 2.35. The van der Waals surface area contributed by atoms with Gasteiger partial charge in [0.25, 0.3) is 0 Å². The van der Waals surface area contributed by atoms with E-state index in [-0.39, 0.29) is 0 Å². The second-order valence-corrected chi connectivity index (χ2v) is 3.47. The highest BCUT2D eigenvalue weighted by Crippen LogP contribution is 2.43. The zero-order valence-corrected chi connectivity index (χ0v) is 6.96. The van der Waals surface area contributed by atoms with Crippen LogP contribution in [0.2, 0.25) is 0 Å². The number of hydrogen-bond acceptors (Lipinski definition) is 0. The van der Waals surface area contributed by atoms with Crippen LogP contribution in [0.5, 0.6) is 0 Å².